The molecular weight excluding hydrogens is 328 g/mol. The van der Waals surface area contributed by atoms with Crippen LogP contribution in [0.4, 0.5) is 5.95 Å². The molecule has 0 amide bonds. The molecule has 1 aromatic heterocycles. The zero-order valence-electron chi connectivity index (χ0n) is 14.7. The van der Waals surface area contributed by atoms with Crippen LogP contribution in [0.5, 0.6) is 0 Å². The second-order valence-corrected chi connectivity index (χ2v) is 8.07. The molecule has 3 aliphatic rings. The van der Waals surface area contributed by atoms with Crippen molar-refractivity contribution >= 4 is 17.9 Å². The van der Waals surface area contributed by atoms with Gasteiger partial charge in [0.05, 0.1) is 11.2 Å². The lowest BCUT2D eigenvalue weighted by Crippen LogP contribution is -2.38. The molecule has 1 aliphatic heterocycles. The number of hydrogen-bond donors (Lipinski definition) is 1. The van der Waals surface area contributed by atoms with Gasteiger partial charge in [-0.25, -0.2) is 9.97 Å². The number of rotatable bonds is 5. The SMILES string of the molecule is CSNC1(c2ccc(-c3nc(N4CCC4)nc4c3CCC4)cc2)CC1. The van der Waals surface area contributed by atoms with E-state index in [0.29, 0.717) is 0 Å². The zero-order chi connectivity index (χ0) is 16.9. The molecule has 0 bridgehead atoms. The molecule has 1 aromatic carbocycles. The molecule has 5 heteroatoms. The second-order valence-electron chi connectivity index (χ2n) is 7.46. The summed E-state index contributed by atoms with van der Waals surface area (Å²) < 4.78 is 3.57. The molecule has 4 nitrogen and oxygen atoms in total. The fourth-order valence-corrected chi connectivity index (χ4v) is 4.75. The van der Waals surface area contributed by atoms with E-state index in [4.69, 9.17) is 9.97 Å². The summed E-state index contributed by atoms with van der Waals surface area (Å²) in [5.74, 6) is 0.939. The highest BCUT2D eigenvalue weighted by Crippen LogP contribution is 2.47. The van der Waals surface area contributed by atoms with E-state index in [1.54, 1.807) is 11.9 Å². The summed E-state index contributed by atoms with van der Waals surface area (Å²) in [6, 6.07) is 9.10. The summed E-state index contributed by atoms with van der Waals surface area (Å²) in [4.78, 5) is 12.1. The van der Waals surface area contributed by atoms with Crippen molar-refractivity contribution < 1.29 is 0 Å². The first kappa shape index (κ1) is 15.6. The normalized spacial score (nSPS) is 20.3. The van der Waals surface area contributed by atoms with E-state index in [1.165, 1.54) is 53.8 Å². The van der Waals surface area contributed by atoms with Gasteiger partial charge >= 0.3 is 0 Å². The van der Waals surface area contributed by atoms with Gasteiger partial charge in [-0.3, -0.25) is 4.72 Å². The Balaban J connectivity index is 1.51. The third kappa shape index (κ3) is 2.64. The third-order valence-corrected chi connectivity index (χ3v) is 6.41. The molecule has 1 saturated carbocycles. The predicted octanol–water partition coefficient (Wildman–Crippen LogP) is 3.70. The van der Waals surface area contributed by atoms with Gasteiger partial charge in [0.1, 0.15) is 0 Å². The van der Waals surface area contributed by atoms with Crippen molar-refractivity contribution in [2.45, 2.75) is 44.1 Å². The smallest absolute Gasteiger partial charge is 0.226 e. The Morgan fingerprint density at radius 2 is 1.84 bits per heavy atom. The van der Waals surface area contributed by atoms with Crippen LogP contribution in [0.25, 0.3) is 11.3 Å². The minimum Gasteiger partial charge on any atom is -0.341 e. The summed E-state index contributed by atoms with van der Waals surface area (Å²) in [5, 5.41) is 0. The van der Waals surface area contributed by atoms with Crippen LogP contribution < -0.4 is 9.62 Å². The Hall–Kier alpha value is -1.59. The van der Waals surface area contributed by atoms with Crippen LogP contribution in [0.15, 0.2) is 24.3 Å². The zero-order valence-corrected chi connectivity index (χ0v) is 15.5. The van der Waals surface area contributed by atoms with Gasteiger partial charge < -0.3 is 4.90 Å². The average Bonchev–Trinajstić information content (AvgIpc) is 3.21. The lowest BCUT2D eigenvalue weighted by molar-refractivity contribution is 0.599. The Kier molecular flexibility index (Phi) is 3.75. The number of fused-ring (bicyclic) bond motifs is 1. The predicted molar refractivity (Wildman–Crippen MR) is 104 cm³/mol. The standard InChI is InChI=1S/C20H24N4S/c1-25-23-20(10-11-20)15-8-6-14(7-9-15)18-16-4-2-5-17(16)21-19(22-18)24-12-3-13-24/h6-9,23H,2-5,10-13H2,1H3. The van der Waals surface area contributed by atoms with Crippen molar-refractivity contribution in [3.8, 4) is 11.3 Å². The van der Waals surface area contributed by atoms with Gasteiger partial charge in [-0.1, -0.05) is 36.2 Å². The molecule has 0 unspecified atom stereocenters. The highest BCUT2D eigenvalue weighted by molar-refractivity contribution is 7.96. The molecule has 2 heterocycles. The van der Waals surface area contributed by atoms with E-state index >= 15 is 0 Å². The summed E-state index contributed by atoms with van der Waals surface area (Å²) >= 11 is 1.72. The lowest BCUT2D eigenvalue weighted by atomic mass is 10.00. The Bertz CT molecular complexity index is 794. The molecule has 1 N–H and O–H groups in total. The highest BCUT2D eigenvalue weighted by atomic mass is 32.2. The maximum absolute atomic E-state index is 4.98. The number of nitrogens with one attached hydrogen (secondary N) is 1. The summed E-state index contributed by atoms with van der Waals surface area (Å²) in [6.07, 6.45) is 9.25. The first-order valence-electron chi connectivity index (χ1n) is 9.35. The monoisotopic (exact) mass is 352 g/mol. The highest BCUT2D eigenvalue weighted by Gasteiger charge is 2.43. The van der Waals surface area contributed by atoms with Gasteiger partial charge in [-0.15, -0.1) is 0 Å². The first-order valence-corrected chi connectivity index (χ1v) is 10.6. The number of aromatic nitrogens is 2. The van der Waals surface area contributed by atoms with Crippen molar-refractivity contribution in [2.75, 3.05) is 24.2 Å². The fraction of sp³-hybridized carbons (Fsp3) is 0.500. The first-order chi connectivity index (χ1) is 12.3. The number of benzene rings is 1. The van der Waals surface area contributed by atoms with Crippen LogP contribution in [0, 0.1) is 0 Å². The van der Waals surface area contributed by atoms with Crippen LogP contribution in [0.2, 0.25) is 0 Å². The van der Waals surface area contributed by atoms with Crippen LogP contribution in [0.3, 0.4) is 0 Å². The average molecular weight is 353 g/mol. The fourth-order valence-electron chi connectivity index (χ4n) is 4.03. The van der Waals surface area contributed by atoms with Gasteiger partial charge in [-0.2, -0.15) is 0 Å². The minimum absolute atomic E-state index is 0.203. The summed E-state index contributed by atoms with van der Waals surface area (Å²) in [7, 11) is 0. The molecule has 2 fully saturated rings. The molecule has 0 radical (unpaired) electrons. The van der Waals surface area contributed by atoms with Gasteiger partial charge in [0.2, 0.25) is 5.95 Å². The second kappa shape index (κ2) is 5.99. The number of hydrogen-bond acceptors (Lipinski definition) is 5. The van der Waals surface area contributed by atoms with E-state index in [0.717, 1.165) is 31.9 Å². The summed E-state index contributed by atoms with van der Waals surface area (Å²) in [5.41, 5.74) is 6.66. The van der Waals surface area contributed by atoms with Crippen molar-refractivity contribution in [1.82, 2.24) is 14.7 Å². The van der Waals surface area contributed by atoms with Crippen molar-refractivity contribution in [3.63, 3.8) is 0 Å². The number of anilines is 1. The molecule has 1 saturated heterocycles. The molecule has 0 atom stereocenters. The molecule has 130 valence electrons. The number of aryl methyl sites for hydroxylation is 1. The molecule has 2 aliphatic carbocycles. The quantitative estimate of drug-likeness (QED) is 0.831. The van der Waals surface area contributed by atoms with Gasteiger partial charge in [0.15, 0.2) is 0 Å². The molecule has 25 heavy (non-hydrogen) atoms. The van der Waals surface area contributed by atoms with Crippen LogP contribution in [0.1, 0.15) is 42.5 Å². The Labute approximate surface area is 153 Å². The molecule has 5 rings (SSSR count). The topological polar surface area (TPSA) is 41.1 Å². The van der Waals surface area contributed by atoms with Gasteiger partial charge in [0.25, 0.3) is 0 Å². The third-order valence-electron chi connectivity index (χ3n) is 5.82. The van der Waals surface area contributed by atoms with Gasteiger partial charge in [0, 0.05) is 29.9 Å². The lowest BCUT2D eigenvalue weighted by Gasteiger charge is -2.31. The van der Waals surface area contributed by atoms with Crippen molar-refractivity contribution in [1.29, 1.82) is 0 Å². The molecular formula is C20H24N4S. The van der Waals surface area contributed by atoms with Crippen LogP contribution >= 0.6 is 11.9 Å². The van der Waals surface area contributed by atoms with Crippen molar-refractivity contribution in [3.05, 3.63) is 41.1 Å². The Morgan fingerprint density at radius 3 is 2.48 bits per heavy atom. The van der Waals surface area contributed by atoms with E-state index in [-0.39, 0.29) is 5.54 Å². The minimum atomic E-state index is 0.203. The molecule has 2 aromatic rings. The molecule has 0 spiro atoms. The van der Waals surface area contributed by atoms with Gasteiger partial charge in [-0.05, 0) is 50.3 Å². The maximum Gasteiger partial charge on any atom is 0.226 e. The van der Waals surface area contributed by atoms with E-state index in [1.807, 2.05) is 0 Å². The van der Waals surface area contributed by atoms with Crippen LogP contribution in [-0.4, -0.2) is 29.3 Å². The van der Waals surface area contributed by atoms with Crippen LogP contribution in [-0.2, 0) is 18.4 Å². The maximum atomic E-state index is 4.98. The van der Waals surface area contributed by atoms with Crippen molar-refractivity contribution in [2.24, 2.45) is 0 Å². The van der Waals surface area contributed by atoms with E-state index in [9.17, 15) is 0 Å². The number of nitrogens with zero attached hydrogens (tertiary/aromatic N) is 3. The summed E-state index contributed by atoms with van der Waals surface area (Å²) in [6.45, 7) is 2.19. The van der Waals surface area contributed by atoms with E-state index < -0.39 is 0 Å². The Morgan fingerprint density at radius 1 is 1.04 bits per heavy atom. The van der Waals surface area contributed by atoms with E-state index in [2.05, 4.69) is 40.1 Å². The largest absolute Gasteiger partial charge is 0.341 e.